The summed E-state index contributed by atoms with van der Waals surface area (Å²) in [5.74, 6) is 0.859. The summed E-state index contributed by atoms with van der Waals surface area (Å²) in [4.78, 5) is 23.3. The second-order valence-corrected chi connectivity index (χ2v) is 5.04. The lowest BCUT2D eigenvalue weighted by atomic mass is 10.0. The van der Waals surface area contributed by atoms with Gasteiger partial charge in [0.1, 0.15) is 11.5 Å². The summed E-state index contributed by atoms with van der Waals surface area (Å²) >= 11 is 0. The largest absolute Gasteiger partial charge is 0.497 e. The lowest BCUT2D eigenvalue weighted by Gasteiger charge is -2.19. The van der Waals surface area contributed by atoms with Crippen LogP contribution in [0.15, 0.2) is 18.2 Å². The van der Waals surface area contributed by atoms with E-state index in [0.29, 0.717) is 18.0 Å². The molecule has 1 fully saturated rings. The molecule has 2 atom stereocenters. The number of carbonyl (C=O) groups excluding carboxylic acids is 2. The molecule has 1 aromatic carbocycles. The summed E-state index contributed by atoms with van der Waals surface area (Å²) in [6.07, 6.45) is 0.244. The average Bonchev–Trinajstić information content (AvgIpc) is 2.93. The highest BCUT2D eigenvalue weighted by atomic mass is 16.5. The maximum absolute atomic E-state index is 12.2. The van der Waals surface area contributed by atoms with Gasteiger partial charge in [0, 0.05) is 18.5 Å². The minimum absolute atomic E-state index is 0.0817. The van der Waals surface area contributed by atoms with Crippen molar-refractivity contribution in [3.63, 3.8) is 0 Å². The van der Waals surface area contributed by atoms with E-state index < -0.39 is 0 Å². The van der Waals surface area contributed by atoms with E-state index >= 15 is 0 Å². The Kier molecular flexibility index (Phi) is 4.67. The van der Waals surface area contributed by atoms with E-state index in [0.717, 1.165) is 5.56 Å². The van der Waals surface area contributed by atoms with Gasteiger partial charge < -0.3 is 20.1 Å². The van der Waals surface area contributed by atoms with Crippen LogP contribution in [0, 0.1) is 5.92 Å². The van der Waals surface area contributed by atoms with Crippen molar-refractivity contribution >= 4 is 11.8 Å². The van der Waals surface area contributed by atoms with Crippen molar-refractivity contribution in [1.29, 1.82) is 0 Å². The van der Waals surface area contributed by atoms with Crippen molar-refractivity contribution in [2.24, 2.45) is 5.92 Å². The Morgan fingerprint density at radius 3 is 2.71 bits per heavy atom. The Morgan fingerprint density at radius 2 is 2.14 bits per heavy atom. The van der Waals surface area contributed by atoms with Crippen molar-refractivity contribution in [2.75, 3.05) is 20.8 Å². The van der Waals surface area contributed by atoms with Gasteiger partial charge in [-0.3, -0.25) is 9.59 Å². The first-order chi connectivity index (χ1) is 10.0. The lowest BCUT2D eigenvalue weighted by Crippen LogP contribution is -2.34. The van der Waals surface area contributed by atoms with Gasteiger partial charge in [0.05, 0.1) is 26.2 Å². The number of carbonyl (C=O) groups is 2. The molecule has 6 heteroatoms. The van der Waals surface area contributed by atoms with Crippen molar-refractivity contribution in [2.45, 2.75) is 19.4 Å². The number of hydrogen-bond acceptors (Lipinski definition) is 4. The first-order valence-corrected chi connectivity index (χ1v) is 6.84. The van der Waals surface area contributed by atoms with Gasteiger partial charge in [-0.1, -0.05) is 0 Å². The van der Waals surface area contributed by atoms with Gasteiger partial charge in [0.2, 0.25) is 11.8 Å². The summed E-state index contributed by atoms with van der Waals surface area (Å²) < 4.78 is 10.5. The second-order valence-electron chi connectivity index (χ2n) is 5.04. The van der Waals surface area contributed by atoms with Crippen molar-refractivity contribution in [1.82, 2.24) is 10.6 Å². The zero-order valence-electron chi connectivity index (χ0n) is 12.4. The Balaban J connectivity index is 2.10. The fourth-order valence-corrected chi connectivity index (χ4v) is 2.38. The van der Waals surface area contributed by atoms with E-state index in [2.05, 4.69) is 10.6 Å². The van der Waals surface area contributed by atoms with Crippen LogP contribution in [0.2, 0.25) is 0 Å². The summed E-state index contributed by atoms with van der Waals surface area (Å²) in [5, 5.41) is 5.58. The number of hydrogen-bond donors (Lipinski definition) is 2. The van der Waals surface area contributed by atoms with Crippen LogP contribution in [0.4, 0.5) is 0 Å². The SMILES string of the molecule is COc1ccc(OC)c(C(C)NC(=O)C2CNC(=O)C2)c1. The molecule has 2 rings (SSSR count). The quantitative estimate of drug-likeness (QED) is 0.849. The molecular weight excluding hydrogens is 272 g/mol. The summed E-state index contributed by atoms with van der Waals surface area (Å²) in [5.41, 5.74) is 0.836. The third-order valence-electron chi connectivity index (χ3n) is 3.61. The molecule has 0 aliphatic carbocycles. The molecule has 1 aromatic rings. The number of rotatable bonds is 5. The normalized spacial score (nSPS) is 18.8. The van der Waals surface area contributed by atoms with Gasteiger partial charge in [0.25, 0.3) is 0 Å². The van der Waals surface area contributed by atoms with Crippen molar-refractivity contribution < 1.29 is 19.1 Å². The molecule has 114 valence electrons. The predicted molar refractivity (Wildman–Crippen MR) is 77.2 cm³/mol. The molecule has 0 saturated carbocycles. The molecule has 1 heterocycles. The molecule has 1 saturated heterocycles. The lowest BCUT2D eigenvalue weighted by molar-refractivity contribution is -0.127. The second kappa shape index (κ2) is 6.47. The Morgan fingerprint density at radius 1 is 1.38 bits per heavy atom. The minimum Gasteiger partial charge on any atom is -0.497 e. The van der Waals surface area contributed by atoms with Crippen LogP contribution in [-0.2, 0) is 9.59 Å². The molecule has 1 aliphatic heterocycles. The van der Waals surface area contributed by atoms with Gasteiger partial charge in [-0.05, 0) is 25.1 Å². The maximum atomic E-state index is 12.2. The first-order valence-electron chi connectivity index (χ1n) is 6.84. The number of ether oxygens (including phenoxy) is 2. The van der Waals surface area contributed by atoms with E-state index in [1.165, 1.54) is 0 Å². The van der Waals surface area contributed by atoms with E-state index in [9.17, 15) is 9.59 Å². The monoisotopic (exact) mass is 292 g/mol. The molecule has 0 radical (unpaired) electrons. The van der Waals surface area contributed by atoms with Crippen LogP contribution in [0.5, 0.6) is 11.5 Å². The van der Waals surface area contributed by atoms with E-state index in [4.69, 9.17) is 9.47 Å². The van der Waals surface area contributed by atoms with E-state index in [1.54, 1.807) is 26.4 Å². The summed E-state index contributed by atoms with van der Waals surface area (Å²) in [6.45, 7) is 2.27. The number of amides is 2. The number of methoxy groups -OCH3 is 2. The fraction of sp³-hybridized carbons (Fsp3) is 0.467. The molecule has 2 amide bonds. The Bertz CT molecular complexity index is 544. The molecule has 21 heavy (non-hydrogen) atoms. The molecule has 2 unspecified atom stereocenters. The molecule has 1 aliphatic rings. The highest BCUT2D eigenvalue weighted by Crippen LogP contribution is 2.29. The summed E-state index contributed by atoms with van der Waals surface area (Å²) in [7, 11) is 3.17. The molecule has 0 spiro atoms. The van der Waals surface area contributed by atoms with Crippen LogP contribution in [0.3, 0.4) is 0 Å². The predicted octanol–water partition coefficient (Wildman–Crippen LogP) is 1.02. The van der Waals surface area contributed by atoms with Crippen LogP contribution in [-0.4, -0.2) is 32.6 Å². The van der Waals surface area contributed by atoms with E-state index in [1.807, 2.05) is 13.0 Å². The molecular formula is C15H20N2O4. The van der Waals surface area contributed by atoms with Gasteiger partial charge in [-0.2, -0.15) is 0 Å². The highest BCUT2D eigenvalue weighted by Gasteiger charge is 2.29. The number of benzene rings is 1. The van der Waals surface area contributed by atoms with Crippen LogP contribution in [0.1, 0.15) is 24.9 Å². The summed E-state index contributed by atoms with van der Waals surface area (Å²) in [6, 6.07) is 5.20. The van der Waals surface area contributed by atoms with Crippen molar-refractivity contribution in [3.05, 3.63) is 23.8 Å². The standard InChI is InChI=1S/C15H20N2O4/c1-9(17-15(19)10-6-14(18)16-8-10)12-7-11(20-2)4-5-13(12)21-3/h4-5,7,9-10H,6,8H2,1-3H3,(H,16,18)(H,17,19). The molecule has 0 bridgehead atoms. The first kappa shape index (κ1) is 15.2. The van der Waals surface area contributed by atoms with Gasteiger partial charge in [0.15, 0.2) is 0 Å². The minimum atomic E-state index is -0.309. The zero-order chi connectivity index (χ0) is 15.4. The van der Waals surface area contributed by atoms with Crippen LogP contribution in [0.25, 0.3) is 0 Å². The van der Waals surface area contributed by atoms with Crippen LogP contribution < -0.4 is 20.1 Å². The van der Waals surface area contributed by atoms with Gasteiger partial charge in [-0.15, -0.1) is 0 Å². The topological polar surface area (TPSA) is 76.7 Å². The molecule has 2 N–H and O–H groups in total. The fourth-order valence-electron chi connectivity index (χ4n) is 2.38. The zero-order valence-corrected chi connectivity index (χ0v) is 12.4. The van der Waals surface area contributed by atoms with Crippen molar-refractivity contribution in [3.8, 4) is 11.5 Å². The molecule has 6 nitrogen and oxygen atoms in total. The Hall–Kier alpha value is -2.24. The Labute approximate surface area is 123 Å². The van der Waals surface area contributed by atoms with E-state index in [-0.39, 0.29) is 30.2 Å². The maximum Gasteiger partial charge on any atom is 0.225 e. The average molecular weight is 292 g/mol. The smallest absolute Gasteiger partial charge is 0.225 e. The third kappa shape index (κ3) is 3.45. The van der Waals surface area contributed by atoms with Gasteiger partial charge in [-0.25, -0.2) is 0 Å². The van der Waals surface area contributed by atoms with Gasteiger partial charge >= 0.3 is 0 Å². The molecule has 0 aromatic heterocycles. The number of nitrogens with one attached hydrogen (secondary N) is 2. The third-order valence-corrected chi connectivity index (χ3v) is 3.61. The van der Waals surface area contributed by atoms with Crippen LogP contribution >= 0.6 is 0 Å². The highest BCUT2D eigenvalue weighted by molar-refractivity contribution is 5.89.